The Kier molecular flexibility index (Phi) is 6.34. The third-order valence-electron chi connectivity index (χ3n) is 5.68. The quantitative estimate of drug-likeness (QED) is 0.631. The molecule has 1 saturated heterocycles. The minimum atomic E-state index is -0.136. The zero-order valence-electron chi connectivity index (χ0n) is 17.7. The van der Waals surface area contributed by atoms with Crippen molar-refractivity contribution in [3.8, 4) is 11.5 Å². The molecule has 0 spiro atoms. The Labute approximate surface area is 186 Å². The van der Waals surface area contributed by atoms with Gasteiger partial charge in [0, 0.05) is 31.0 Å². The van der Waals surface area contributed by atoms with Gasteiger partial charge < -0.3 is 14.5 Å². The van der Waals surface area contributed by atoms with Crippen LogP contribution in [0.2, 0.25) is 5.02 Å². The van der Waals surface area contributed by atoms with E-state index in [0.717, 1.165) is 29.1 Å². The van der Waals surface area contributed by atoms with Gasteiger partial charge in [0.05, 0.1) is 19.3 Å². The van der Waals surface area contributed by atoms with Crippen molar-refractivity contribution in [3.05, 3.63) is 52.0 Å². The third kappa shape index (κ3) is 4.62. The van der Waals surface area contributed by atoms with Crippen LogP contribution in [0.1, 0.15) is 29.5 Å². The lowest BCUT2D eigenvalue weighted by Gasteiger charge is -2.22. The van der Waals surface area contributed by atoms with E-state index < -0.39 is 0 Å². The summed E-state index contributed by atoms with van der Waals surface area (Å²) in [5.74, 6) is 0.927. The monoisotopic (exact) mass is 443 g/mol. The van der Waals surface area contributed by atoms with Gasteiger partial charge in [0.15, 0.2) is 11.5 Å². The number of halogens is 1. The van der Waals surface area contributed by atoms with E-state index in [1.807, 2.05) is 31.2 Å². The largest absolute Gasteiger partial charge is 0.493 e. The van der Waals surface area contributed by atoms with Gasteiger partial charge in [0.1, 0.15) is 6.61 Å². The van der Waals surface area contributed by atoms with Gasteiger partial charge in [-0.15, -0.1) is 0 Å². The van der Waals surface area contributed by atoms with Crippen molar-refractivity contribution in [1.82, 2.24) is 10.3 Å². The van der Waals surface area contributed by atoms with Gasteiger partial charge in [-0.25, -0.2) is 5.43 Å². The SMILES string of the molecule is COc1cc(CNN2CCc3cc(Cl)c(C)cc32)ccc1OCCN1C(=O)CCC1=O. The number of nitrogens with zero attached hydrogens (tertiary/aromatic N) is 2. The van der Waals surface area contributed by atoms with Crippen molar-refractivity contribution in [3.63, 3.8) is 0 Å². The summed E-state index contributed by atoms with van der Waals surface area (Å²) >= 11 is 6.25. The van der Waals surface area contributed by atoms with Crippen LogP contribution in [0.3, 0.4) is 0 Å². The molecule has 2 aromatic carbocycles. The van der Waals surface area contributed by atoms with Crippen LogP contribution in [0, 0.1) is 6.92 Å². The maximum absolute atomic E-state index is 11.7. The first-order valence-electron chi connectivity index (χ1n) is 10.4. The fourth-order valence-corrected chi connectivity index (χ4v) is 4.11. The number of aryl methyl sites for hydroxylation is 1. The van der Waals surface area contributed by atoms with Gasteiger partial charge in [0.2, 0.25) is 11.8 Å². The number of hydrogen-bond acceptors (Lipinski definition) is 6. The topological polar surface area (TPSA) is 71.1 Å². The molecule has 164 valence electrons. The van der Waals surface area contributed by atoms with E-state index >= 15 is 0 Å². The molecule has 2 aliphatic rings. The third-order valence-corrected chi connectivity index (χ3v) is 6.09. The zero-order valence-corrected chi connectivity index (χ0v) is 18.5. The molecule has 1 fully saturated rings. The molecule has 0 aliphatic carbocycles. The van der Waals surface area contributed by atoms with E-state index in [9.17, 15) is 9.59 Å². The Morgan fingerprint density at radius 3 is 2.58 bits per heavy atom. The molecule has 0 saturated carbocycles. The number of carbonyl (C=O) groups excluding carboxylic acids is 2. The maximum atomic E-state index is 11.7. The van der Waals surface area contributed by atoms with E-state index in [0.29, 0.717) is 18.0 Å². The summed E-state index contributed by atoms with van der Waals surface area (Å²) in [6.07, 6.45) is 1.54. The number of methoxy groups -OCH3 is 1. The number of imide groups is 1. The highest BCUT2D eigenvalue weighted by atomic mass is 35.5. The molecule has 0 atom stereocenters. The fourth-order valence-electron chi connectivity index (χ4n) is 3.92. The van der Waals surface area contributed by atoms with Gasteiger partial charge in [-0.1, -0.05) is 17.7 Å². The number of amides is 2. The van der Waals surface area contributed by atoms with Gasteiger partial charge in [-0.2, -0.15) is 0 Å². The normalized spacial score (nSPS) is 15.6. The maximum Gasteiger partial charge on any atom is 0.229 e. The number of hydrazine groups is 1. The van der Waals surface area contributed by atoms with Crippen LogP contribution in [0.5, 0.6) is 11.5 Å². The number of benzene rings is 2. The van der Waals surface area contributed by atoms with Crippen LogP contribution in [0.4, 0.5) is 5.69 Å². The van der Waals surface area contributed by atoms with Crippen LogP contribution in [0.15, 0.2) is 30.3 Å². The number of carbonyl (C=O) groups is 2. The van der Waals surface area contributed by atoms with Crippen LogP contribution < -0.4 is 19.9 Å². The molecule has 0 radical (unpaired) electrons. The second-order valence-electron chi connectivity index (χ2n) is 7.74. The lowest BCUT2D eigenvalue weighted by Crippen LogP contribution is -2.36. The molecule has 8 heteroatoms. The minimum Gasteiger partial charge on any atom is -0.493 e. The molecule has 2 aromatic rings. The fraction of sp³-hybridized carbons (Fsp3) is 0.391. The molecule has 0 aromatic heterocycles. The van der Waals surface area contributed by atoms with Crippen LogP contribution in [-0.4, -0.2) is 43.5 Å². The summed E-state index contributed by atoms with van der Waals surface area (Å²) in [4.78, 5) is 24.6. The molecule has 7 nitrogen and oxygen atoms in total. The van der Waals surface area contributed by atoms with Crippen molar-refractivity contribution in [2.24, 2.45) is 0 Å². The Bertz CT molecular complexity index is 995. The number of hydrogen-bond donors (Lipinski definition) is 1. The first kappa shape index (κ1) is 21.5. The van der Waals surface area contributed by atoms with Crippen LogP contribution >= 0.6 is 11.6 Å². The van der Waals surface area contributed by atoms with E-state index in [4.69, 9.17) is 21.1 Å². The van der Waals surface area contributed by atoms with E-state index in [-0.39, 0.29) is 37.8 Å². The highest BCUT2D eigenvalue weighted by Gasteiger charge is 2.28. The molecule has 1 N–H and O–H groups in total. The Hall–Kier alpha value is -2.77. The van der Waals surface area contributed by atoms with Crippen molar-refractivity contribution in [2.45, 2.75) is 32.7 Å². The number of anilines is 1. The second kappa shape index (κ2) is 9.16. The summed E-state index contributed by atoms with van der Waals surface area (Å²) in [7, 11) is 1.59. The van der Waals surface area contributed by atoms with Crippen LogP contribution in [-0.2, 0) is 22.6 Å². The molecule has 2 amide bonds. The van der Waals surface area contributed by atoms with E-state index in [1.54, 1.807) is 7.11 Å². The van der Waals surface area contributed by atoms with Crippen LogP contribution in [0.25, 0.3) is 0 Å². The summed E-state index contributed by atoms with van der Waals surface area (Å²) < 4.78 is 11.3. The molecule has 31 heavy (non-hydrogen) atoms. The molecule has 2 aliphatic heterocycles. The van der Waals surface area contributed by atoms with Crippen molar-refractivity contribution >= 4 is 29.1 Å². The van der Waals surface area contributed by atoms with Crippen molar-refractivity contribution in [1.29, 1.82) is 0 Å². The Morgan fingerprint density at radius 2 is 1.84 bits per heavy atom. The average molecular weight is 444 g/mol. The average Bonchev–Trinajstić information content (AvgIpc) is 3.30. The number of fused-ring (bicyclic) bond motifs is 1. The first-order valence-corrected chi connectivity index (χ1v) is 10.8. The second-order valence-corrected chi connectivity index (χ2v) is 8.15. The highest BCUT2D eigenvalue weighted by molar-refractivity contribution is 6.31. The molecular formula is C23H26ClN3O4. The molecule has 2 heterocycles. The molecule has 0 bridgehead atoms. The summed E-state index contributed by atoms with van der Waals surface area (Å²) in [6, 6.07) is 9.92. The summed E-state index contributed by atoms with van der Waals surface area (Å²) in [6.45, 7) is 4.02. The van der Waals surface area contributed by atoms with Crippen molar-refractivity contribution in [2.75, 3.05) is 31.8 Å². The van der Waals surface area contributed by atoms with Gasteiger partial charge in [0.25, 0.3) is 0 Å². The lowest BCUT2D eigenvalue weighted by atomic mass is 10.1. The number of likely N-dealkylation sites (tertiary alicyclic amines) is 1. The summed E-state index contributed by atoms with van der Waals surface area (Å²) in [5.41, 5.74) is 8.00. The predicted molar refractivity (Wildman–Crippen MR) is 119 cm³/mol. The molecule has 0 unspecified atom stereocenters. The molecular weight excluding hydrogens is 418 g/mol. The smallest absolute Gasteiger partial charge is 0.229 e. The zero-order chi connectivity index (χ0) is 22.0. The molecule has 4 rings (SSSR count). The Morgan fingerprint density at radius 1 is 1.06 bits per heavy atom. The first-order chi connectivity index (χ1) is 15.0. The van der Waals surface area contributed by atoms with Gasteiger partial charge >= 0.3 is 0 Å². The van der Waals surface area contributed by atoms with Gasteiger partial charge in [-0.3, -0.25) is 14.5 Å². The number of rotatable bonds is 8. The number of ether oxygens (including phenoxy) is 2. The number of nitrogens with one attached hydrogen (secondary N) is 1. The summed E-state index contributed by atoms with van der Waals surface area (Å²) in [5, 5.41) is 2.96. The lowest BCUT2D eigenvalue weighted by molar-refractivity contribution is -0.138. The van der Waals surface area contributed by atoms with Gasteiger partial charge in [-0.05, 0) is 54.3 Å². The Balaban J connectivity index is 1.35. The standard InChI is InChI=1S/C23H26ClN3O4/c1-15-11-19-17(13-18(15)24)7-8-27(19)25-14-16-3-4-20(21(12-16)30-2)31-10-9-26-22(28)5-6-23(26)29/h3-4,11-13,25H,5-10,14H2,1-2H3. The minimum absolute atomic E-state index is 0.136. The van der Waals surface area contributed by atoms with Crippen molar-refractivity contribution < 1.29 is 19.1 Å². The van der Waals surface area contributed by atoms with E-state index in [1.165, 1.54) is 16.2 Å². The predicted octanol–water partition coefficient (Wildman–Crippen LogP) is 3.25. The highest BCUT2D eigenvalue weighted by Crippen LogP contribution is 2.32. The van der Waals surface area contributed by atoms with E-state index in [2.05, 4.69) is 16.5 Å².